The third-order valence-corrected chi connectivity index (χ3v) is 2.82. The van der Waals surface area contributed by atoms with Gasteiger partial charge in [-0.2, -0.15) is 0 Å². The van der Waals surface area contributed by atoms with Gasteiger partial charge in [-0.3, -0.25) is 14.9 Å². The van der Waals surface area contributed by atoms with Crippen LogP contribution in [0.2, 0.25) is 0 Å². The molecule has 1 aliphatic rings. The molecule has 1 heterocycles. The molecule has 6 heteroatoms. The van der Waals surface area contributed by atoms with Gasteiger partial charge in [-0.05, 0) is 20.8 Å². The predicted octanol–water partition coefficient (Wildman–Crippen LogP) is -1.65. The molecule has 0 radical (unpaired) electrons. The molecule has 1 fully saturated rings. The van der Waals surface area contributed by atoms with Gasteiger partial charge in [-0.25, -0.2) is 0 Å². The molecule has 2 unspecified atom stereocenters. The van der Waals surface area contributed by atoms with Gasteiger partial charge in [-0.15, -0.1) is 0 Å². The Labute approximate surface area is 94.8 Å². The average molecular weight is 229 g/mol. The van der Waals surface area contributed by atoms with E-state index >= 15 is 0 Å². The number of carbonyl (C=O) groups is 2. The Morgan fingerprint density at radius 3 is 2.69 bits per heavy atom. The van der Waals surface area contributed by atoms with Crippen LogP contribution >= 0.6 is 0 Å². The summed E-state index contributed by atoms with van der Waals surface area (Å²) >= 11 is 0. The summed E-state index contributed by atoms with van der Waals surface area (Å²) in [4.78, 5) is 22.7. The van der Waals surface area contributed by atoms with Gasteiger partial charge in [0.05, 0.1) is 18.2 Å². The highest BCUT2D eigenvalue weighted by Gasteiger charge is 2.31. The molecule has 1 rings (SSSR count). The Balaban J connectivity index is 2.49. The summed E-state index contributed by atoms with van der Waals surface area (Å²) in [7, 11) is 0. The van der Waals surface area contributed by atoms with Gasteiger partial charge in [0.15, 0.2) is 0 Å². The highest BCUT2D eigenvalue weighted by atomic mass is 16.3. The molecule has 1 aliphatic heterocycles. The lowest BCUT2D eigenvalue weighted by atomic mass is 9.98. The fraction of sp³-hybridized carbons (Fsp3) is 0.800. The van der Waals surface area contributed by atoms with E-state index in [0.29, 0.717) is 0 Å². The maximum absolute atomic E-state index is 11.8. The van der Waals surface area contributed by atoms with Crippen LogP contribution in [0.3, 0.4) is 0 Å². The van der Waals surface area contributed by atoms with Crippen LogP contribution in [0.4, 0.5) is 0 Å². The Hall–Kier alpha value is -1.14. The van der Waals surface area contributed by atoms with Crippen molar-refractivity contribution in [2.45, 2.75) is 38.5 Å². The van der Waals surface area contributed by atoms with E-state index in [-0.39, 0.29) is 24.9 Å². The number of aliphatic hydroxyl groups is 1. The zero-order valence-electron chi connectivity index (χ0n) is 9.83. The van der Waals surface area contributed by atoms with E-state index in [0.717, 1.165) is 0 Å². The molecule has 4 N–H and O–H groups in total. The van der Waals surface area contributed by atoms with E-state index in [1.165, 1.54) is 0 Å². The van der Waals surface area contributed by atoms with Crippen LogP contribution in [0.15, 0.2) is 0 Å². The Kier molecular flexibility index (Phi) is 3.88. The third-order valence-electron chi connectivity index (χ3n) is 2.82. The van der Waals surface area contributed by atoms with Crippen LogP contribution in [-0.4, -0.2) is 47.7 Å². The number of piperazine rings is 1. The number of carbonyl (C=O) groups excluding carboxylic acids is 2. The minimum Gasteiger partial charge on any atom is -0.391 e. The van der Waals surface area contributed by atoms with E-state index in [2.05, 4.69) is 16.0 Å². The molecule has 92 valence electrons. The molecule has 2 atom stereocenters. The van der Waals surface area contributed by atoms with Crippen molar-refractivity contribution in [2.75, 3.05) is 13.1 Å². The zero-order chi connectivity index (χ0) is 12.3. The summed E-state index contributed by atoms with van der Waals surface area (Å²) in [6.07, 6.45) is -0.644. The minimum absolute atomic E-state index is 0.112. The molecule has 0 aliphatic carbocycles. The van der Waals surface area contributed by atoms with Crippen molar-refractivity contribution in [3.05, 3.63) is 0 Å². The van der Waals surface area contributed by atoms with E-state index in [4.69, 9.17) is 0 Å². The van der Waals surface area contributed by atoms with Crippen molar-refractivity contribution in [1.29, 1.82) is 0 Å². The molecule has 0 saturated carbocycles. The van der Waals surface area contributed by atoms with Crippen LogP contribution in [0.1, 0.15) is 20.8 Å². The van der Waals surface area contributed by atoms with Crippen molar-refractivity contribution in [3.63, 3.8) is 0 Å². The SMILES string of the molecule is CC(O)C(C)(C)NC(=O)C1CNC(=O)CN1. The van der Waals surface area contributed by atoms with Crippen LogP contribution in [-0.2, 0) is 9.59 Å². The van der Waals surface area contributed by atoms with Gasteiger partial charge in [0.2, 0.25) is 11.8 Å². The van der Waals surface area contributed by atoms with Crippen LogP contribution in [0.5, 0.6) is 0 Å². The zero-order valence-corrected chi connectivity index (χ0v) is 9.83. The summed E-state index contributed by atoms with van der Waals surface area (Å²) in [5.74, 6) is -0.329. The van der Waals surface area contributed by atoms with Gasteiger partial charge in [0, 0.05) is 6.54 Å². The molecule has 2 amide bonds. The van der Waals surface area contributed by atoms with Crippen molar-refractivity contribution in [3.8, 4) is 0 Å². The van der Waals surface area contributed by atoms with E-state index < -0.39 is 17.7 Å². The molecule has 1 saturated heterocycles. The normalized spacial score (nSPS) is 23.5. The maximum atomic E-state index is 11.8. The Morgan fingerprint density at radius 2 is 2.25 bits per heavy atom. The second-order valence-electron chi connectivity index (χ2n) is 4.62. The fourth-order valence-electron chi connectivity index (χ4n) is 1.26. The van der Waals surface area contributed by atoms with E-state index in [1.807, 2.05) is 0 Å². The van der Waals surface area contributed by atoms with Crippen molar-refractivity contribution >= 4 is 11.8 Å². The average Bonchev–Trinajstić information content (AvgIpc) is 2.17. The molecule has 0 aromatic rings. The first kappa shape index (κ1) is 12.9. The molecule has 0 aromatic carbocycles. The molecule has 6 nitrogen and oxygen atoms in total. The molecular formula is C10H19N3O3. The number of amides is 2. The lowest BCUT2D eigenvalue weighted by Gasteiger charge is -2.32. The number of rotatable bonds is 3. The Bertz CT molecular complexity index is 279. The predicted molar refractivity (Wildman–Crippen MR) is 58.7 cm³/mol. The fourth-order valence-corrected chi connectivity index (χ4v) is 1.26. The summed E-state index contributed by atoms with van der Waals surface area (Å²) < 4.78 is 0. The topological polar surface area (TPSA) is 90.5 Å². The Morgan fingerprint density at radius 1 is 1.62 bits per heavy atom. The summed E-state index contributed by atoms with van der Waals surface area (Å²) in [5.41, 5.74) is -0.680. The minimum atomic E-state index is -0.680. The van der Waals surface area contributed by atoms with Gasteiger partial charge in [0.1, 0.15) is 6.04 Å². The number of nitrogens with one attached hydrogen (secondary N) is 3. The van der Waals surface area contributed by atoms with Crippen molar-refractivity contribution in [2.24, 2.45) is 0 Å². The van der Waals surface area contributed by atoms with Gasteiger partial charge in [-0.1, -0.05) is 0 Å². The number of hydrogen-bond acceptors (Lipinski definition) is 4. The number of aliphatic hydroxyl groups excluding tert-OH is 1. The maximum Gasteiger partial charge on any atom is 0.239 e. The first-order chi connectivity index (χ1) is 7.33. The summed E-state index contributed by atoms with van der Waals surface area (Å²) in [6.45, 7) is 5.54. The first-order valence-electron chi connectivity index (χ1n) is 5.33. The number of hydrogen-bond donors (Lipinski definition) is 4. The highest BCUT2D eigenvalue weighted by molar-refractivity contribution is 5.87. The molecule has 0 aromatic heterocycles. The lowest BCUT2D eigenvalue weighted by Crippen LogP contribution is -2.62. The molecular weight excluding hydrogens is 210 g/mol. The van der Waals surface area contributed by atoms with Crippen molar-refractivity contribution < 1.29 is 14.7 Å². The largest absolute Gasteiger partial charge is 0.391 e. The van der Waals surface area contributed by atoms with Crippen LogP contribution in [0.25, 0.3) is 0 Å². The highest BCUT2D eigenvalue weighted by Crippen LogP contribution is 2.08. The molecule has 0 spiro atoms. The summed E-state index contributed by atoms with van der Waals surface area (Å²) in [6, 6.07) is -0.435. The lowest BCUT2D eigenvalue weighted by molar-refractivity contribution is -0.128. The standard InChI is InChI=1S/C10H19N3O3/c1-6(14)10(2,3)13-9(16)7-4-12-8(15)5-11-7/h6-7,11,14H,4-5H2,1-3H3,(H,12,15)(H,13,16). The quantitative estimate of drug-likeness (QED) is 0.467. The van der Waals surface area contributed by atoms with E-state index in [9.17, 15) is 14.7 Å². The second kappa shape index (κ2) is 4.80. The first-order valence-corrected chi connectivity index (χ1v) is 5.33. The van der Waals surface area contributed by atoms with Crippen LogP contribution in [0, 0.1) is 0 Å². The molecule has 0 bridgehead atoms. The smallest absolute Gasteiger partial charge is 0.239 e. The second-order valence-corrected chi connectivity index (χ2v) is 4.62. The van der Waals surface area contributed by atoms with Crippen molar-refractivity contribution in [1.82, 2.24) is 16.0 Å². The van der Waals surface area contributed by atoms with E-state index in [1.54, 1.807) is 20.8 Å². The van der Waals surface area contributed by atoms with Crippen LogP contribution < -0.4 is 16.0 Å². The summed E-state index contributed by atoms with van der Waals surface area (Å²) in [5, 5.41) is 17.6. The third kappa shape index (κ3) is 3.18. The van der Waals surface area contributed by atoms with Gasteiger partial charge in [0.25, 0.3) is 0 Å². The molecule has 16 heavy (non-hydrogen) atoms. The monoisotopic (exact) mass is 229 g/mol. The van der Waals surface area contributed by atoms with Gasteiger partial charge < -0.3 is 15.7 Å². The van der Waals surface area contributed by atoms with Gasteiger partial charge >= 0.3 is 0 Å².